The zero-order chi connectivity index (χ0) is 12.3. The summed E-state index contributed by atoms with van der Waals surface area (Å²) in [7, 11) is 0. The first-order valence-corrected chi connectivity index (χ1v) is 7.00. The molecule has 1 atom stereocenters. The van der Waals surface area contributed by atoms with Crippen molar-refractivity contribution in [2.75, 3.05) is 16.8 Å². The highest BCUT2D eigenvalue weighted by atomic mass is 32.2. The van der Waals surface area contributed by atoms with Crippen LogP contribution in [0.1, 0.15) is 18.4 Å². The molecule has 1 aromatic rings. The molecule has 0 aliphatic carbocycles. The third-order valence-corrected chi connectivity index (χ3v) is 4.42. The van der Waals surface area contributed by atoms with Crippen molar-refractivity contribution in [3.63, 3.8) is 0 Å². The van der Waals surface area contributed by atoms with Gasteiger partial charge in [0.25, 0.3) is 0 Å². The van der Waals surface area contributed by atoms with E-state index < -0.39 is 5.54 Å². The van der Waals surface area contributed by atoms with Gasteiger partial charge in [-0.05, 0) is 37.7 Å². The first-order valence-electron chi connectivity index (χ1n) is 5.85. The van der Waals surface area contributed by atoms with Gasteiger partial charge in [0.1, 0.15) is 5.54 Å². The van der Waals surface area contributed by atoms with E-state index in [-0.39, 0.29) is 5.91 Å². The summed E-state index contributed by atoms with van der Waals surface area (Å²) in [5, 5.41) is 3.33. The number of hydrogen-bond donors (Lipinski definition) is 2. The molecule has 1 heterocycles. The quantitative estimate of drug-likeness (QED) is 0.864. The summed E-state index contributed by atoms with van der Waals surface area (Å²) in [6, 6.07) is 8.07. The molecule has 0 spiro atoms. The number of anilines is 1. The molecule has 1 aromatic carbocycles. The number of rotatable bonds is 3. The molecule has 0 aromatic heterocycles. The van der Waals surface area contributed by atoms with Gasteiger partial charge in [-0.25, -0.2) is 0 Å². The second-order valence-electron chi connectivity index (χ2n) is 4.59. The summed E-state index contributed by atoms with van der Waals surface area (Å²) in [5.41, 5.74) is 7.17. The molecule has 4 heteroatoms. The van der Waals surface area contributed by atoms with Crippen molar-refractivity contribution in [2.45, 2.75) is 25.3 Å². The molecular weight excluding hydrogens is 232 g/mol. The Bertz CT molecular complexity index is 396. The molecular formula is C13H18N2OS. The van der Waals surface area contributed by atoms with Gasteiger partial charge in [-0.3, -0.25) is 4.79 Å². The van der Waals surface area contributed by atoms with Gasteiger partial charge in [0, 0.05) is 11.4 Å². The second-order valence-corrected chi connectivity index (χ2v) is 5.70. The Morgan fingerprint density at radius 3 is 2.65 bits per heavy atom. The largest absolute Gasteiger partial charge is 0.371 e. The van der Waals surface area contributed by atoms with Gasteiger partial charge in [0.15, 0.2) is 0 Å². The van der Waals surface area contributed by atoms with Crippen LogP contribution < -0.4 is 11.1 Å². The average molecular weight is 250 g/mol. The van der Waals surface area contributed by atoms with E-state index in [2.05, 4.69) is 5.32 Å². The van der Waals surface area contributed by atoms with Crippen LogP contribution in [0.5, 0.6) is 0 Å². The van der Waals surface area contributed by atoms with Crippen LogP contribution in [-0.4, -0.2) is 23.0 Å². The van der Waals surface area contributed by atoms with Crippen LogP contribution in [0.2, 0.25) is 0 Å². The Hall–Kier alpha value is -1.16. The molecule has 17 heavy (non-hydrogen) atoms. The van der Waals surface area contributed by atoms with E-state index in [4.69, 9.17) is 5.73 Å². The Kier molecular flexibility index (Phi) is 3.62. The van der Waals surface area contributed by atoms with E-state index in [1.165, 1.54) is 5.56 Å². The van der Waals surface area contributed by atoms with E-state index in [9.17, 15) is 4.79 Å². The van der Waals surface area contributed by atoms with E-state index >= 15 is 0 Å². The number of aryl methyl sites for hydroxylation is 1. The minimum Gasteiger partial charge on any atom is -0.371 e. The molecule has 2 rings (SSSR count). The Morgan fingerprint density at radius 2 is 2.12 bits per heavy atom. The number of thioether (sulfide) groups is 1. The number of carbonyl (C=O) groups is 1. The number of amides is 1. The predicted octanol–water partition coefficient (Wildman–Crippen LogP) is 2.16. The van der Waals surface area contributed by atoms with Crippen LogP contribution in [0, 0.1) is 6.92 Å². The van der Waals surface area contributed by atoms with Crippen LogP contribution >= 0.6 is 11.8 Å². The number of nitrogens with one attached hydrogen (secondary N) is 1. The van der Waals surface area contributed by atoms with E-state index in [1.54, 1.807) is 11.8 Å². The maximum atomic E-state index is 11.7. The van der Waals surface area contributed by atoms with Crippen molar-refractivity contribution in [1.82, 2.24) is 0 Å². The van der Waals surface area contributed by atoms with Gasteiger partial charge in [-0.15, -0.1) is 0 Å². The highest BCUT2D eigenvalue weighted by Gasteiger charge is 2.38. The summed E-state index contributed by atoms with van der Waals surface area (Å²) >= 11 is 1.79. The lowest BCUT2D eigenvalue weighted by Gasteiger charge is -2.35. The lowest BCUT2D eigenvalue weighted by Crippen LogP contribution is -2.54. The summed E-state index contributed by atoms with van der Waals surface area (Å²) in [5.74, 6) is 1.63. The molecule has 0 bridgehead atoms. The fraction of sp³-hybridized carbons (Fsp3) is 0.462. The maximum absolute atomic E-state index is 11.7. The number of carbonyl (C=O) groups excluding carboxylic acids is 1. The van der Waals surface area contributed by atoms with Gasteiger partial charge in [0.2, 0.25) is 5.91 Å². The van der Waals surface area contributed by atoms with Crippen molar-refractivity contribution in [1.29, 1.82) is 0 Å². The molecule has 1 aliphatic rings. The summed E-state index contributed by atoms with van der Waals surface area (Å²) in [4.78, 5) is 11.7. The minimum absolute atomic E-state index is 0.245. The fourth-order valence-corrected chi connectivity index (χ4v) is 3.26. The van der Waals surface area contributed by atoms with Crippen LogP contribution in [-0.2, 0) is 4.79 Å². The standard InChI is InChI=1S/C13H18N2OS/c1-10-3-5-11(6-4-10)15-13(12(14)16)7-2-8-17-9-13/h3-6,15H,2,7-9H2,1H3,(H2,14,16). The molecule has 0 radical (unpaired) electrons. The smallest absolute Gasteiger partial charge is 0.243 e. The molecule has 3 nitrogen and oxygen atoms in total. The first kappa shape index (κ1) is 12.3. The number of nitrogens with two attached hydrogens (primary N) is 1. The van der Waals surface area contributed by atoms with Crippen LogP contribution in [0.4, 0.5) is 5.69 Å². The maximum Gasteiger partial charge on any atom is 0.243 e. The zero-order valence-electron chi connectivity index (χ0n) is 10.0. The van der Waals surface area contributed by atoms with Gasteiger partial charge in [-0.1, -0.05) is 17.7 Å². The van der Waals surface area contributed by atoms with Crippen LogP contribution in [0.15, 0.2) is 24.3 Å². The molecule has 1 saturated heterocycles. The third kappa shape index (κ3) is 2.75. The normalized spacial score (nSPS) is 24.3. The Labute approximate surface area is 106 Å². The van der Waals surface area contributed by atoms with Crippen molar-refractivity contribution in [3.8, 4) is 0 Å². The molecule has 0 saturated carbocycles. The molecule has 1 amide bonds. The highest BCUT2D eigenvalue weighted by molar-refractivity contribution is 7.99. The fourth-order valence-electron chi connectivity index (χ4n) is 2.06. The average Bonchev–Trinajstić information content (AvgIpc) is 2.33. The zero-order valence-corrected chi connectivity index (χ0v) is 10.8. The van der Waals surface area contributed by atoms with E-state index in [1.807, 2.05) is 31.2 Å². The lowest BCUT2D eigenvalue weighted by atomic mass is 9.94. The van der Waals surface area contributed by atoms with Crippen molar-refractivity contribution in [2.24, 2.45) is 5.73 Å². The van der Waals surface area contributed by atoms with Gasteiger partial charge in [-0.2, -0.15) is 11.8 Å². The molecule has 3 N–H and O–H groups in total. The highest BCUT2D eigenvalue weighted by Crippen LogP contribution is 2.30. The van der Waals surface area contributed by atoms with Crippen LogP contribution in [0.3, 0.4) is 0 Å². The summed E-state index contributed by atoms with van der Waals surface area (Å²) < 4.78 is 0. The lowest BCUT2D eigenvalue weighted by molar-refractivity contribution is -0.121. The van der Waals surface area contributed by atoms with Crippen LogP contribution in [0.25, 0.3) is 0 Å². The van der Waals surface area contributed by atoms with Gasteiger partial charge >= 0.3 is 0 Å². The van der Waals surface area contributed by atoms with Crippen molar-refractivity contribution >= 4 is 23.4 Å². The molecule has 1 fully saturated rings. The monoisotopic (exact) mass is 250 g/mol. The summed E-state index contributed by atoms with van der Waals surface area (Å²) in [6.45, 7) is 2.05. The molecule has 92 valence electrons. The topological polar surface area (TPSA) is 55.1 Å². The predicted molar refractivity (Wildman–Crippen MR) is 73.3 cm³/mol. The van der Waals surface area contributed by atoms with E-state index in [0.29, 0.717) is 0 Å². The Morgan fingerprint density at radius 1 is 1.41 bits per heavy atom. The summed E-state index contributed by atoms with van der Waals surface area (Å²) in [6.07, 6.45) is 1.86. The Balaban J connectivity index is 2.17. The van der Waals surface area contributed by atoms with Crippen molar-refractivity contribution in [3.05, 3.63) is 29.8 Å². The number of hydrogen-bond acceptors (Lipinski definition) is 3. The number of benzene rings is 1. The van der Waals surface area contributed by atoms with E-state index in [0.717, 1.165) is 30.0 Å². The van der Waals surface area contributed by atoms with Gasteiger partial charge < -0.3 is 11.1 Å². The first-order chi connectivity index (χ1) is 8.12. The third-order valence-electron chi connectivity index (χ3n) is 3.15. The second kappa shape index (κ2) is 5.00. The SMILES string of the molecule is Cc1ccc(NC2(C(N)=O)CCCSC2)cc1. The molecule has 1 aliphatic heterocycles. The minimum atomic E-state index is -0.571. The van der Waals surface area contributed by atoms with Gasteiger partial charge in [0.05, 0.1) is 0 Å². The van der Waals surface area contributed by atoms with Crippen molar-refractivity contribution < 1.29 is 4.79 Å². The number of primary amides is 1. The molecule has 1 unspecified atom stereocenters.